The molecule has 1 N–H and O–H groups in total. The minimum Gasteiger partial charge on any atom is -0.351 e. The van der Waals surface area contributed by atoms with Crippen molar-refractivity contribution in [2.45, 2.75) is 58.0 Å². The van der Waals surface area contributed by atoms with Crippen LogP contribution in [0.3, 0.4) is 0 Å². The number of amides is 2. The van der Waals surface area contributed by atoms with Crippen molar-refractivity contribution in [3.63, 3.8) is 0 Å². The highest BCUT2D eigenvalue weighted by Gasteiger charge is 2.34. The first-order chi connectivity index (χ1) is 15.5. The van der Waals surface area contributed by atoms with Gasteiger partial charge in [0.15, 0.2) is 0 Å². The molecule has 0 spiro atoms. The molecule has 1 atom stereocenters. The van der Waals surface area contributed by atoms with E-state index in [1.807, 2.05) is 61.7 Å². The third-order valence-corrected chi connectivity index (χ3v) is 7.05. The number of nitrogens with one attached hydrogen (secondary N) is 1. The Morgan fingerprint density at radius 3 is 2.50 bits per heavy atom. The van der Waals surface area contributed by atoms with Gasteiger partial charge in [-0.3, -0.25) is 19.5 Å². The summed E-state index contributed by atoms with van der Waals surface area (Å²) in [5.74, 6) is -0.236. The number of nitrogens with zero attached hydrogens (tertiary/aromatic N) is 2. The molecule has 0 radical (unpaired) electrons. The van der Waals surface area contributed by atoms with Crippen LogP contribution in [0.5, 0.6) is 0 Å². The second kappa shape index (κ2) is 10.1. The second-order valence-corrected chi connectivity index (χ2v) is 9.49. The molecule has 1 fully saturated rings. The Bertz CT molecular complexity index is 1060. The minimum atomic E-state index is -0.756. The van der Waals surface area contributed by atoms with Gasteiger partial charge in [-0.15, -0.1) is 11.3 Å². The van der Waals surface area contributed by atoms with Crippen LogP contribution in [0.25, 0.3) is 0 Å². The lowest BCUT2D eigenvalue weighted by Gasteiger charge is -2.32. The van der Waals surface area contributed by atoms with E-state index < -0.39 is 6.04 Å². The molecule has 1 aromatic carbocycles. The summed E-state index contributed by atoms with van der Waals surface area (Å²) >= 11 is 1.55. The first-order valence-corrected chi connectivity index (χ1v) is 12.0. The molecule has 1 unspecified atom stereocenters. The van der Waals surface area contributed by atoms with Crippen molar-refractivity contribution in [3.05, 3.63) is 81.8 Å². The average molecular weight is 448 g/mol. The van der Waals surface area contributed by atoms with E-state index in [0.717, 1.165) is 52.9 Å². The minimum absolute atomic E-state index is 0.0981. The van der Waals surface area contributed by atoms with E-state index in [0.29, 0.717) is 0 Å². The smallest absolute Gasteiger partial charge is 0.248 e. The van der Waals surface area contributed by atoms with Gasteiger partial charge in [0.1, 0.15) is 6.04 Å². The van der Waals surface area contributed by atoms with Gasteiger partial charge in [0.25, 0.3) is 0 Å². The predicted octanol–water partition coefficient (Wildman–Crippen LogP) is 5.14. The van der Waals surface area contributed by atoms with E-state index in [1.165, 1.54) is 0 Å². The van der Waals surface area contributed by atoms with Gasteiger partial charge in [-0.1, -0.05) is 25.0 Å². The summed E-state index contributed by atoms with van der Waals surface area (Å²) in [5.41, 5.74) is 3.72. The molecule has 2 aromatic heterocycles. The van der Waals surface area contributed by atoms with Crippen LogP contribution < -0.4 is 10.2 Å². The Morgan fingerprint density at radius 1 is 1.09 bits per heavy atom. The van der Waals surface area contributed by atoms with E-state index in [-0.39, 0.29) is 24.3 Å². The Kier molecular flexibility index (Phi) is 7.00. The standard InChI is InChI=1S/C26H29N3O2S/c1-18-9-10-22(16-19(18)2)29(24(30)17-23-8-5-15-32-23)25(20-11-13-27-14-12-20)26(31)28-21-6-3-4-7-21/h5,8-16,21,25H,3-4,6-7,17H2,1-2H3,(H,28,31). The van der Waals surface area contributed by atoms with Crippen molar-refractivity contribution >= 4 is 28.8 Å². The van der Waals surface area contributed by atoms with Crippen molar-refractivity contribution in [3.8, 4) is 0 Å². The molecule has 0 saturated heterocycles. The van der Waals surface area contributed by atoms with E-state index in [2.05, 4.69) is 10.3 Å². The van der Waals surface area contributed by atoms with Crippen LogP contribution in [0, 0.1) is 13.8 Å². The fraction of sp³-hybridized carbons (Fsp3) is 0.346. The highest BCUT2D eigenvalue weighted by molar-refractivity contribution is 7.10. The van der Waals surface area contributed by atoms with Crippen LogP contribution in [0.2, 0.25) is 0 Å². The molecule has 0 bridgehead atoms. The summed E-state index contributed by atoms with van der Waals surface area (Å²) in [6.07, 6.45) is 7.83. The van der Waals surface area contributed by atoms with E-state index in [1.54, 1.807) is 28.6 Å². The Balaban J connectivity index is 1.76. The van der Waals surface area contributed by atoms with E-state index in [4.69, 9.17) is 0 Å². The predicted molar refractivity (Wildman–Crippen MR) is 129 cm³/mol. The second-order valence-electron chi connectivity index (χ2n) is 8.46. The molecular weight excluding hydrogens is 418 g/mol. The highest BCUT2D eigenvalue weighted by Crippen LogP contribution is 2.31. The molecule has 32 heavy (non-hydrogen) atoms. The number of pyridine rings is 1. The Labute approximate surface area is 193 Å². The molecule has 4 rings (SSSR count). The summed E-state index contributed by atoms with van der Waals surface area (Å²) in [5, 5.41) is 5.19. The fourth-order valence-electron chi connectivity index (χ4n) is 4.27. The zero-order valence-electron chi connectivity index (χ0n) is 18.6. The van der Waals surface area contributed by atoms with Crippen LogP contribution >= 0.6 is 11.3 Å². The maximum Gasteiger partial charge on any atom is 0.248 e. The zero-order chi connectivity index (χ0) is 22.5. The number of aromatic nitrogens is 1. The van der Waals surface area contributed by atoms with Gasteiger partial charge >= 0.3 is 0 Å². The van der Waals surface area contributed by atoms with Crippen molar-refractivity contribution in [2.24, 2.45) is 0 Å². The lowest BCUT2D eigenvalue weighted by Crippen LogP contribution is -2.46. The topological polar surface area (TPSA) is 62.3 Å². The average Bonchev–Trinajstić information content (AvgIpc) is 3.49. The molecule has 1 aliphatic rings. The molecule has 0 aliphatic heterocycles. The largest absolute Gasteiger partial charge is 0.351 e. The van der Waals surface area contributed by atoms with Crippen molar-refractivity contribution in [2.75, 3.05) is 4.90 Å². The summed E-state index contributed by atoms with van der Waals surface area (Å²) in [7, 11) is 0. The number of aryl methyl sites for hydroxylation is 2. The lowest BCUT2D eigenvalue weighted by molar-refractivity contribution is -0.127. The summed E-state index contributed by atoms with van der Waals surface area (Å²) in [6, 6.07) is 12.9. The number of rotatable bonds is 7. The molecule has 166 valence electrons. The number of hydrogen-bond acceptors (Lipinski definition) is 4. The van der Waals surface area contributed by atoms with Gasteiger partial charge in [0, 0.05) is 29.0 Å². The molecule has 5 nitrogen and oxygen atoms in total. The zero-order valence-corrected chi connectivity index (χ0v) is 19.4. The van der Waals surface area contributed by atoms with Gasteiger partial charge in [0.05, 0.1) is 6.42 Å². The monoisotopic (exact) mass is 447 g/mol. The number of hydrogen-bond donors (Lipinski definition) is 1. The van der Waals surface area contributed by atoms with E-state index >= 15 is 0 Å². The molecule has 2 amide bonds. The SMILES string of the molecule is Cc1ccc(N(C(=O)Cc2cccs2)C(C(=O)NC2CCCC2)c2ccncc2)cc1C. The summed E-state index contributed by atoms with van der Waals surface area (Å²) in [4.78, 5) is 34.1. The maximum absolute atomic E-state index is 13.7. The third-order valence-electron chi connectivity index (χ3n) is 6.17. The van der Waals surface area contributed by atoms with Crippen LogP contribution in [0.1, 0.15) is 53.3 Å². The maximum atomic E-state index is 13.7. The third kappa shape index (κ3) is 5.07. The highest BCUT2D eigenvalue weighted by atomic mass is 32.1. The number of anilines is 1. The number of carbonyl (C=O) groups is 2. The van der Waals surface area contributed by atoms with Gasteiger partial charge in [0.2, 0.25) is 11.8 Å². The van der Waals surface area contributed by atoms with Crippen molar-refractivity contribution in [1.29, 1.82) is 0 Å². The summed E-state index contributed by atoms with van der Waals surface area (Å²) < 4.78 is 0. The molecule has 1 aliphatic carbocycles. The van der Waals surface area contributed by atoms with Crippen LogP contribution in [-0.4, -0.2) is 22.8 Å². The van der Waals surface area contributed by atoms with E-state index in [9.17, 15) is 9.59 Å². The first-order valence-electron chi connectivity index (χ1n) is 11.1. The Morgan fingerprint density at radius 2 is 1.84 bits per heavy atom. The van der Waals surface area contributed by atoms with Crippen molar-refractivity contribution in [1.82, 2.24) is 10.3 Å². The van der Waals surface area contributed by atoms with Crippen LogP contribution in [-0.2, 0) is 16.0 Å². The molecule has 6 heteroatoms. The molecule has 1 saturated carbocycles. The van der Waals surface area contributed by atoms with Crippen molar-refractivity contribution < 1.29 is 9.59 Å². The van der Waals surface area contributed by atoms with Crippen LogP contribution in [0.15, 0.2) is 60.2 Å². The Hall–Kier alpha value is -2.99. The summed E-state index contributed by atoms with van der Waals surface area (Å²) in [6.45, 7) is 4.07. The van der Waals surface area contributed by atoms with Gasteiger partial charge in [-0.05, 0) is 79.1 Å². The number of benzene rings is 1. The van der Waals surface area contributed by atoms with Gasteiger partial charge in [-0.2, -0.15) is 0 Å². The first kappa shape index (κ1) is 22.2. The fourth-order valence-corrected chi connectivity index (χ4v) is 4.97. The molecule has 2 heterocycles. The lowest BCUT2D eigenvalue weighted by atomic mass is 10.0. The molecular formula is C26H29N3O2S. The normalized spacial score (nSPS) is 14.8. The van der Waals surface area contributed by atoms with Gasteiger partial charge in [-0.25, -0.2) is 0 Å². The quantitative estimate of drug-likeness (QED) is 0.546. The van der Waals surface area contributed by atoms with Crippen LogP contribution in [0.4, 0.5) is 5.69 Å². The van der Waals surface area contributed by atoms with Gasteiger partial charge < -0.3 is 5.32 Å². The number of carbonyl (C=O) groups excluding carboxylic acids is 2. The molecule has 3 aromatic rings. The number of thiophene rings is 1.